The van der Waals surface area contributed by atoms with Crippen LogP contribution >= 0.6 is 34.8 Å². The molecule has 0 spiro atoms. The van der Waals surface area contributed by atoms with Gasteiger partial charge in [-0.05, 0) is 30.3 Å². The third-order valence-corrected chi connectivity index (χ3v) is 3.70. The van der Waals surface area contributed by atoms with Crippen molar-refractivity contribution in [2.45, 2.75) is 0 Å². The minimum Gasteiger partial charge on any atom is -0.335 e. The Labute approximate surface area is 135 Å². The molecule has 0 aliphatic carbocycles. The van der Waals surface area contributed by atoms with Gasteiger partial charge in [0.2, 0.25) is 0 Å². The second-order valence-corrected chi connectivity index (χ2v) is 5.57. The number of nitrogens with one attached hydrogen (secondary N) is 2. The number of anilines is 1. The lowest BCUT2D eigenvalue weighted by Gasteiger charge is -2.08. The summed E-state index contributed by atoms with van der Waals surface area (Å²) in [4.78, 5) is 19.3. The molecule has 1 aromatic carbocycles. The van der Waals surface area contributed by atoms with E-state index in [1.165, 1.54) is 12.1 Å². The van der Waals surface area contributed by atoms with Gasteiger partial charge in [-0.3, -0.25) is 4.79 Å². The van der Waals surface area contributed by atoms with E-state index in [4.69, 9.17) is 34.8 Å². The molecule has 0 atom stereocenters. The lowest BCUT2D eigenvalue weighted by atomic mass is 10.3. The molecule has 3 rings (SSSR count). The number of hydrogen-bond acceptors (Lipinski definition) is 2. The summed E-state index contributed by atoms with van der Waals surface area (Å²) in [5.74, 6) is -0.362. The fourth-order valence-electron chi connectivity index (χ4n) is 1.92. The van der Waals surface area contributed by atoms with Crippen molar-refractivity contribution in [1.29, 1.82) is 0 Å². The average Bonchev–Trinajstić information content (AvgIpc) is 2.86. The number of nitrogens with zero attached hydrogens (tertiary/aromatic N) is 1. The monoisotopic (exact) mass is 339 g/mol. The number of aromatic nitrogens is 2. The van der Waals surface area contributed by atoms with E-state index in [0.29, 0.717) is 22.1 Å². The standard InChI is InChI=1S/C14H8Cl3N3O/c15-8-5-9(16)12(10(17)6-8)20-14(21)11-4-7-2-1-3-18-13(7)19-11/h1-6H,(H,18,19)(H,20,21). The average molecular weight is 341 g/mol. The van der Waals surface area contributed by atoms with Gasteiger partial charge in [0.1, 0.15) is 11.3 Å². The maximum Gasteiger partial charge on any atom is 0.272 e. The Kier molecular flexibility index (Phi) is 3.76. The van der Waals surface area contributed by atoms with Crippen LogP contribution in [0.3, 0.4) is 0 Å². The Bertz CT molecular complexity index is 788. The summed E-state index contributed by atoms with van der Waals surface area (Å²) in [5.41, 5.74) is 1.32. The SMILES string of the molecule is O=C(Nc1c(Cl)cc(Cl)cc1Cl)c1cc2cccnc2[nH]1. The first kappa shape index (κ1) is 14.2. The lowest BCUT2D eigenvalue weighted by molar-refractivity contribution is 0.102. The van der Waals surface area contributed by atoms with E-state index in [1.54, 1.807) is 18.3 Å². The second-order valence-electron chi connectivity index (χ2n) is 4.32. The Morgan fingerprint density at radius 3 is 2.52 bits per heavy atom. The van der Waals surface area contributed by atoms with Crippen LogP contribution in [0.15, 0.2) is 36.5 Å². The van der Waals surface area contributed by atoms with Gasteiger partial charge in [-0.15, -0.1) is 0 Å². The van der Waals surface area contributed by atoms with Crippen molar-refractivity contribution >= 4 is 57.4 Å². The molecule has 0 unspecified atom stereocenters. The summed E-state index contributed by atoms with van der Waals surface area (Å²) >= 11 is 17.9. The quantitative estimate of drug-likeness (QED) is 0.705. The first-order chi connectivity index (χ1) is 10.0. The largest absolute Gasteiger partial charge is 0.335 e. The summed E-state index contributed by atoms with van der Waals surface area (Å²) in [5, 5.41) is 4.45. The number of fused-ring (bicyclic) bond motifs is 1. The Balaban J connectivity index is 1.93. The molecule has 0 fully saturated rings. The highest BCUT2D eigenvalue weighted by atomic mass is 35.5. The minimum absolute atomic E-state index is 0.273. The molecule has 2 heterocycles. The highest BCUT2D eigenvalue weighted by Gasteiger charge is 2.14. The normalized spacial score (nSPS) is 10.8. The van der Waals surface area contributed by atoms with Crippen LogP contribution in [-0.2, 0) is 0 Å². The first-order valence-electron chi connectivity index (χ1n) is 5.94. The molecule has 0 saturated carbocycles. The molecule has 2 aromatic heterocycles. The van der Waals surface area contributed by atoms with Gasteiger partial charge in [0.05, 0.1) is 15.7 Å². The molecule has 1 amide bonds. The van der Waals surface area contributed by atoms with Crippen LogP contribution in [0.5, 0.6) is 0 Å². The molecule has 21 heavy (non-hydrogen) atoms. The molecular formula is C14H8Cl3N3O. The number of aromatic amines is 1. The van der Waals surface area contributed by atoms with Gasteiger partial charge in [0, 0.05) is 16.6 Å². The van der Waals surface area contributed by atoms with Gasteiger partial charge in [-0.1, -0.05) is 34.8 Å². The van der Waals surface area contributed by atoms with E-state index >= 15 is 0 Å². The zero-order valence-corrected chi connectivity index (χ0v) is 12.7. The highest BCUT2D eigenvalue weighted by Crippen LogP contribution is 2.34. The van der Waals surface area contributed by atoms with Crippen LogP contribution in [0.4, 0.5) is 5.69 Å². The number of halogens is 3. The number of hydrogen-bond donors (Lipinski definition) is 2. The van der Waals surface area contributed by atoms with E-state index in [0.717, 1.165) is 5.39 Å². The van der Waals surface area contributed by atoms with Crippen molar-refractivity contribution in [2.75, 3.05) is 5.32 Å². The minimum atomic E-state index is -0.362. The van der Waals surface area contributed by atoms with Crippen LogP contribution < -0.4 is 5.32 Å². The van der Waals surface area contributed by atoms with Crippen molar-refractivity contribution in [3.63, 3.8) is 0 Å². The van der Waals surface area contributed by atoms with Gasteiger partial charge >= 0.3 is 0 Å². The lowest BCUT2D eigenvalue weighted by Crippen LogP contribution is -2.13. The molecule has 0 bridgehead atoms. The summed E-state index contributed by atoms with van der Waals surface area (Å²) < 4.78 is 0. The predicted molar refractivity (Wildman–Crippen MR) is 85.5 cm³/mol. The topological polar surface area (TPSA) is 57.8 Å². The van der Waals surface area contributed by atoms with Crippen LogP contribution in [0.25, 0.3) is 11.0 Å². The number of pyridine rings is 1. The molecule has 0 saturated heterocycles. The van der Waals surface area contributed by atoms with E-state index in [-0.39, 0.29) is 16.0 Å². The summed E-state index contributed by atoms with van der Waals surface area (Å²) in [6, 6.07) is 8.38. The summed E-state index contributed by atoms with van der Waals surface area (Å²) in [7, 11) is 0. The van der Waals surface area contributed by atoms with Crippen molar-refractivity contribution in [2.24, 2.45) is 0 Å². The molecule has 0 aliphatic rings. The Morgan fingerprint density at radius 2 is 1.86 bits per heavy atom. The summed E-state index contributed by atoms with van der Waals surface area (Å²) in [6.07, 6.45) is 1.65. The van der Waals surface area contributed by atoms with E-state index in [2.05, 4.69) is 15.3 Å². The van der Waals surface area contributed by atoms with Crippen LogP contribution in [0.1, 0.15) is 10.5 Å². The van der Waals surface area contributed by atoms with Crippen LogP contribution in [0, 0.1) is 0 Å². The molecule has 4 nitrogen and oxygen atoms in total. The molecule has 106 valence electrons. The zero-order valence-electron chi connectivity index (χ0n) is 10.5. The Hall–Kier alpha value is -1.75. The number of carbonyl (C=O) groups excluding carboxylic acids is 1. The summed E-state index contributed by atoms with van der Waals surface area (Å²) in [6.45, 7) is 0. The first-order valence-corrected chi connectivity index (χ1v) is 7.07. The molecular weight excluding hydrogens is 333 g/mol. The molecule has 0 radical (unpaired) electrons. The van der Waals surface area contributed by atoms with Gasteiger partial charge in [0.15, 0.2) is 0 Å². The predicted octanol–water partition coefficient (Wildman–Crippen LogP) is 4.78. The van der Waals surface area contributed by atoms with Gasteiger partial charge < -0.3 is 10.3 Å². The molecule has 3 aromatic rings. The molecule has 2 N–H and O–H groups in total. The van der Waals surface area contributed by atoms with Crippen LogP contribution in [-0.4, -0.2) is 15.9 Å². The van der Waals surface area contributed by atoms with Crippen molar-refractivity contribution < 1.29 is 4.79 Å². The maximum atomic E-state index is 12.3. The van der Waals surface area contributed by atoms with Gasteiger partial charge in [-0.2, -0.15) is 0 Å². The number of benzene rings is 1. The second kappa shape index (κ2) is 5.56. The number of amides is 1. The van der Waals surface area contributed by atoms with E-state index in [9.17, 15) is 4.79 Å². The van der Waals surface area contributed by atoms with Crippen molar-refractivity contribution in [3.8, 4) is 0 Å². The fraction of sp³-hybridized carbons (Fsp3) is 0. The van der Waals surface area contributed by atoms with E-state index < -0.39 is 0 Å². The van der Waals surface area contributed by atoms with Crippen LogP contribution in [0.2, 0.25) is 15.1 Å². The molecule has 0 aliphatic heterocycles. The highest BCUT2D eigenvalue weighted by molar-refractivity contribution is 6.42. The van der Waals surface area contributed by atoms with Gasteiger partial charge in [-0.25, -0.2) is 4.98 Å². The van der Waals surface area contributed by atoms with Crippen molar-refractivity contribution in [1.82, 2.24) is 9.97 Å². The zero-order chi connectivity index (χ0) is 15.0. The number of rotatable bonds is 2. The third-order valence-electron chi connectivity index (χ3n) is 2.88. The number of carbonyl (C=O) groups is 1. The van der Waals surface area contributed by atoms with E-state index in [1.807, 2.05) is 6.07 Å². The van der Waals surface area contributed by atoms with Crippen molar-refractivity contribution in [3.05, 3.63) is 57.3 Å². The fourth-order valence-corrected chi connectivity index (χ4v) is 2.83. The third kappa shape index (κ3) is 2.83. The maximum absolute atomic E-state index is 12.3. The number of H-pyrrole nitrogens is 1. The smallest absolute Gasteiger partial charge is 0.272 e. The Morgan fingerprint density at radius 1 is 1.14 bits per heavy atom. The molecule has 7 heteroatoms. The van der Waals surface area contributed by atoms with Gasteiger partial charge in [0.25, 0.3) is 5.91 Å².